The maximum absolute atomic E-state index is 12.3. The molecule has 24 heavy (non-hydrogen) atoms. The highest BCUT2D eigenvalue weighted by Crippen LogP contribution is 2.25. The number of rotatable bonds is 5. The maximum Gasteiger partial charge on any atom is 0.226 e. The lowest BCUT2D eigenvalue weighted by Gasteiger charge is -2.29. The van der Waals surface area contributed by atoms with E-state index in [1.54, 1.807) is 7.11 Å². The van der Waals surface area contributed by atoms with Gasteiger partial charge in [0.15, 0.2) is 5.76 Å². The highest BCUT2D eigenvalue weighted by Gasteiger charge is 2.23. The average Bonchev–Trinajstić information content (AvgIpc) is 3.05. The maximum atomic E-state index is 12.3. The van der Waals surface area contributed by atoms with E-state index in [1.165, 1.54) is 19.3 Å². The Morgan fingerprint density at radius 2 is 2.17 bits per heavy atom. The van der Waals surface area contributed by atoms with Crippen LogP contribution >= 0.6 is 0 Å². The van der Waals surface area contributed by atoms with Crippen molar-refractivity contribution in [3.63, 3.8) is 0 Å². The van der Waals surface area contributed by atoms with E-state index in [-0.39, 0.29) is 18.4 Å². The molecule has 1 aromatic heterocycles. The Morgan fingerprint density at radius 3 is 2.96 bits per heavy atom. The monoisotopic (exact) mass is 328 g/mol. The summed E-state index contributed by atoms with van der Waals surface area (Å²) < 4.78 is 10.6. The van der Waals surface area contributed by atoms with Gasteiger partial charge in [-0.3, -0.25) is 4.79 Å². The van der Waals surface area contributed by atoms with Crippen LogP contribution < -0.4 is 10.1 Å². The van der Waals surface area contributed by atoms with E-state index in [0.717, 1.165) is 17.7 Å². The van der Waals surface area contributed by atoms with E-state index in [4.69, 9.17) is 9.26 Å². The van der Waals surface area contributed by atoms with Gasteiger partial charge in [0.1, 0.15) is 5.75 Å². The van der Waals surface area contributed by atoms with Crippen LogP contribution in [0.2, 0.25) is 0 Å². The number of carbonyl (C=O) groups excluding carboxylic acids is 1. The number of nitrogens with zero attached hydrogens (tertiary/aromatic N) is 1. The van der Waals surface area contributed by atoms with Gasteiger partial charge in [-0.25, -0.2) is 0 Å². The third-order valence-corrected chi connectivity index (χ3v) is 4.71. The Hall–Kier alpha value is -2.30. The first-order valence-corrected chi connectivity index (χ1v) is 8.55. The van der Waals surface area contributed by atoms with Crippen LogP contribution in [0.3, 0.4) is 0 Å². The molecule has 1 aliphatic rings. The number of ether oxygens (including phenoxy) is 1. The summed E-state index contributed by atoms with van der Waals surface area (Å²) in [6.07, 6.45) is 4.96. The van der Waals surface area contributed by atoms with E-state index in [1.807, 2.05) is 30.3 Å². The Bertz CT molecular complexity index is 695. The SMILES string of the molecule is COc1cccc(-c2cc(CC(=O)NC3CCCCC3C)no2)c1. The van der Waals surface area contributed by atoms with Crippen LogP contribution in [0.15, 0.2) is 34.9 Å². The topological polar surface area (TPSA) is 64.4 Å². The van der Waals surface area contributed by atoms with E-state index in [2.05, 4.69) is 17.4 Å². The fourth-order valence-electron chi connectivity index (χ4n) is 3.26. The quantitative estimate of drug-likeness (QED) is 0.911. The molecule has 5 heteroatoms. The molecule has 1 fully saturated rings. The Balaban J connectivity index is 1.62. The van der Waals surface area contributed by atoms with E-state index < -0.39 is 0 Å². The second kappa shape index (κ2) is 7.51. The molecule has 1 aliphatic carbocycles. The van der Waals surface area contributed by atoms with Crippen molar-refractivity contribution < 1.29 is 14.1 Å². The second-order valence-corrected chi connectivity index (χ2v) is 6.53. The summed E-state index contributed by atoms with van der Waals surface area (Å²) in [6.45, 7) is 2.21. The molecule has 1 saturated carbocycles. The number of amides is 1. The molecule has 1 amide bonds. The van der Waals surface area contributed by atoms with Crippen LogP contribution in [0, 0.1) is 5.92 Å². The minimum Gasteiger partial charge on any atom is -0.497 e. The fraction of sp³-hybridized carbons (Fsp3) is 0.474. The van der Waals surface area contributed by atoms with Gasteiger partial charge in [-0.15, -0.1) is 0 Å². The van der Waals surface area contributed by atoms with Gasteiger partial charge in [-0.2, -0.15) is 0 Å². The molecule has 1 N–H and O–H groups in total. The minimum atomic E-state index is 0.0132. The predicted molar refractivity (Wildman–Crippen MR) is 91.8 cm³/mol. The molecule has 2 unspecified atom stereocenters. The first-order valence-electron chi connectivity index (χ1n) is 8.55. The summed E-state index contributed by atoms with van der Waals surface area (Å²) in [4.78, 5) is 12.3. The van der Waals surface area contributed by atoms with Crippen molar-refractivity contribution >= 4 is 5.91 Å². The van der Waals surface area contributed by atoms with Crippen molar-refractivity contribution in [1.82, 2.24) is 10.5 Å². The Morgan fingerprint density at radius 1 is 1.33 bits per heavy atom. The van der Waals surface area contributed by atoms with Gasteiger partial charge in [-0.05, 0) is 30.9 Å². The average molecular weight is 328 g/mol. The molecule has 0 radical (unpaired) electrons. The van der Waals surface area contributed by atoms with Crippen molar-refractivity contribution in [2.75, 3.05) is 7.11 Å². The second-order valence-electron chi connectivity index (χ2n) is 6.53. The van der Waals surface area contributed by atoms with Crippen LogP contribution in [-0.4, -0.2) is 24.2 Å². The van der Waals surface area contributed by atoms with Crippen LogP contribution in [0.1, 0.15) is 38.3 Å². The molecule has 1 aromatic carbocycles. The Labute approximate surface area is 142 Å². The van der Waals surface area contributed by atoms with Gasteiger partial charge in [0, 0.05) is 17.7 Å². The van der Waals surface area contributed by atoms with Crippen LogP contribution in [0.5, 0.6) is 5.75 Å². The summed E-state index contributed by atoms with van der Waals surface area (Å²) in [5.41, 5.74) is 1.53. The third-order valence-electron chi connectivity index (χ3n) is 4.71. The van der Waals surface area contributed by atoms with Crippen molar-refractivity contribution in [2.24, 2.45) is 5.92 Å². The smallest absolute Gasteiger partial charge is 0.226 e. The van der Waals surface area contributed by atoms with E-state index in [0.29, 0.717) is 17.4 Å². The summed E-state index contributed by atoms with van der Waals surface area (Å²) in [5.74, 6) is 1.96. The van der Waals surface area contributed by atoms with Crippen LogP contribution in [0.25, 0.3) is 11.3 Å². The van der Waals surface area contributed by atoms with Crippen molar-refractivity contribution in [3.8, 4) is 17.1 Å². The molecule has 2 aromatic rings. The zero-order valence-corrected chi connectivity index (χ0v) is 14.2. The van der Waals surface area contributed by atoms with Gasteiger partial charge in [0.05, 0.1) is 19.2 Å². The lowest BCUT2D eigenvalue weighted by Crippen LogP contribution is -2.41. The van der Waals surface area contributed by atoms with Gasteiger partial charge in [-0.1, -0.05) is 37.1 Å². The molecule has 0 spiro atoms. The summed E-state index contributed by atoms with van der Waals surface area (Å²) in [6, 6.07) is 9.69. The molecule has 1 heterocycles. The summed E-state index contributed by atoms with van der Waals surface area (Å²) >= 11 is 0. The third kappa shape index (κ3) is 3.96. The standard InChI is InChI=1S/C19H24N2O3/c1-13-6-3-4-9-17(13)20-19(22)12-15-11-18(24-21-15)14-7-5-8-16(10-14)23-2/h5,7-8,10-11,13,17H,3-4,6,9,12H2,1-2H3,(H,20,22). The van der Waals surface area contributed by atoms with Gasteiger partial charge in [0.2, 0.25) is 5.91 Å². The zero-order chi connectivity index (χ0) is 16.9. The molecular formula is C19H24N2O3. The number of benzene rings is 1. The van der Waals surface area contributed by atoms with Crippen molar-refractivity contribution in [1.29, 1.82) is 0 Å². The van der Waals surface area contributed by atoms with E-state index >= 15 is 0 Å². The number of carbonyl (C=O) groups is 1. The van der Waals surface area contributed by atoms with Crippen LogP contribution in [-0.2, 0) is 11.2 Å². The van der Waals surface area contributed by atoms with Crippen molar-refractivity contribution in [3.05, 3.63) is 36.0 Å². The molecule has 2 atom stereocenters. The van der Waals surface area contributed by atoms with Crippen LogP contribution in [0.4, 0.5) is 0 Å². The molecule has 0 saturated heterocycles. The summed E-state index contributed by atoms with van der Waals surface area (Å²) in [5, 5.41) is 7.17. The number of hydrogen-bond acceptors (Lipinski definition) is 4. The number of methoxy groups -OCH3 is 1. The number of nitrogens with one attached hydrogen (secondary N) is 1. The first kappa shape index (κ1) is 16.6. The molecular weight excluding hydrogens is 304 g/mol. The van der Waals surface area contributed by atoms with Gasteiger partial charge < -0.3 is 14.6 Å². The number of hydrogen-bond donors (Lipinski definition) is 1. The highest BCUT2D eigenvalue weighted by atomic mass is 16.5. The number of aromatic nitrogens is 1. The van der Waals surface area contributed by atoms with Crippen molar-refractivity contribution in [2.45, 2.75) is 45.1 Å². The highest BCUT2D eigenvalue weighted by molar-refractivity contribution is 5.78. The molecule has 128 valence electrons. The van der Waals surface area contributed by atoms with Gasteiger partial charge >= 0.3 is 0 Å². The lowest BCUT2D eigenvalue weighted by molar-refractivity contribution is -0.121. The lowest BCUT2D eigenvalue weighted by atomic mass is 9.86. The minimum absolute atomic E-state index is 0.0132. The largest absolute Gasteiger partial charge is 0.497 e. The molecule has 5 nitrogen and oxygen atoms in total. The first-order chi connectivity index (χ1) is 11.7. The summed E-state index contributed by atoms with van der Waals surface area (Å²) in [7, 11) is 1.63. The molecule has 3 rings (SSSR count). The zero-order valence-electron chi connectivity index (χ0n) is 14.2. The Kier molecular flexibility index (Phi) is 5.18. The fourth-order valence-corrected chi connectivity index (χ4v) is 3.26. The normalized spacial score (nSPS) is 20.6. The molecule has 0 aliphatic heterocycles. The van der Waals surface area contributed by atoms with Gasteiger partial charge in [0.25, 0.3) is 0 Å². The van der Waals surface area contributed by atoms with E-state index in [9.17, 15) is 4.79 Å². The molecule has 0 bridgehead atoms. The predicted octanol–water partition coefficient (Wildman–Crippen LogP) is 3.59.